The van der Waals surface area contributed by atoms with Crippen molar-refractivity contribution in [1.29, 1.82) is 0 Å². The number of rotatable bonds is 4. The summed E-state index contributed by atoms with van der Waals surface area (Å²) in [5, 5.41) is 0. The Bertz CT molecular complexity index is 67.0. The monoisotopic (exact) mass is 145 g/mol. The maximum absolute atomic E-state index is 5.31. The summed E-state index contributed by atoms with van der Waals surface area (Å²) >= 11 is 5.31. The Morgan fingerprint density at radius 3 is 2.22 bits per heavy atom. The van der Waals surface area contributed by atoms with E-state index in [2.05, 4.69) is 20.8 Å². The highest BCUT2D eigenvalue weighted by Crippen LogP contribution is 2.24. The molecule has 0 spiro atoms. The van der Waals surface area contributed by atoms with Crippen molar-refractivity contribution in [3.63, 3.8) is 0 Å². The second-order valence-corrected chi connectivity index (χ2v) is 3.89. The summed E-state index contributed by atoms with van der Waals surface area (Å²) in [7, 11) is 0. The number of unbranched alkanes of at least 4 members (excludes halogenated alkanes) is 1. The first-order chi connectivity index (χ1) is 4.12. The zero-order chi connectivity index (χ0) is 7.33. The predicted octanol–water partition coefficient (Wildman–Crippen LogP) is 3.54. The van der Waals surface area contributed by atoms with E-state index in [1.807, 2.05) is 0 Å². The molecule has 1 radical (unpaired) electrons. The van der Waals surface area contributed by atoms with Crippen LogP contribution in [0.4, 0.5) is 0 Å². The van der Waals surface area contributed by atoms with E-state index in [4.69, 9.17) is 12.6 Å². The van der Waals surface area contributed by atoms with Gasteiger partial charge in [-0.2, -0.15) is 0 Å². The van der Waals surface area contributed by atoms with E-state index in [1.54, 1.807) is 0 Å². The zero-order valence-electron chi connectivity index (χ0n) is 6.74. The smallest absolute Gasteiger partial charge is 0.0233 e. The Balaban J connectivity index is 3.33. The van der Waals surface area contributed by atoms with Crippen LogP contribution in [-0.2, 0) is 0 Å². The van der Waals surface area contributed by atoms with E-state index in [0.29, 0.717) is 0 Å². The van der Waals surface area contributed by atoms with Crippen LogP contribution < -0.4 is 0 Å². The minimum Gasteiger partial charge on any atom is -0.0870 e. The summed E-state index contributed by atoms with van der Waals surface area (Å²) in [5.41, 5.74) is 0. The quantitative estimate of drug-likeness (QED) is 0.567. The van der Waals surface area contributed by atoms with Crippen molar-refractivity contribution in [3.05, 3.63) is 0 Å². The predicted molar refractivity (Wildman–Crippen MR) is 45.8 cm³/mol. The van der Waals surface area contributed by atoms with E-state index in [0.717, 1.165) is 6.42 Å². The Morgan fingerprint density at radius 1 is 1.33 bits per heavy atom. The largest absolute Gasteiger partial charge is 0.0870 e. The third kappa shape index (κ3) is 4.83. The van der Waals surface area contributed by atoms with Gasteiger partial charge in [0.2, 0.25) is 0 Å². The molecule has 0 aliphatic heterocycles. The maximum Gasteiger partial charge on any atom is 0.0233 e. The first kappa shape index (κ1) is 9.35. The lowest BCUT2D eigenvalue weighted by molar-refractivity contribution is 0.542. The molecule has 0 fully saturated rings. The molecule has 0 amide bonds. The van der Waals surface area contributed by atoms with Gasteiger partial charge in [-0.3, -0.25) is 0 Å². The second kappa shape index (κ2) is 4.21. The molecule has 9 heavy (non-hydrogen) atoms. The zero-order valence-corrected chi connectivity index (χ0v) is 7.55. The van der Waals surface area contributed by atoms with Crippen LogP contribution in [0.3, 0.4) is 0 Å². The van der Waals surface area contributed by atoms with Crippen molar-refractivity contribution in [2.45, 2.75) is 51.2 Å². The SMILES string of the molecule is CCCCC(C)([S])CC. The number of hydrogen-bond donors (Lipinski definition) is 0. The third-order valence-corrected chi connectivity index (χ3v) is 2.30. The molecule has 0 N–H and O–H groups in total. The van der Waals surface area contributed by atoms with Crippen molar-refractivity contribution < 1.29 is 0 Å². The lowest BCUT2D eigenvalue weighted by atomic mass is 10.0. The molecule has 55 valence electrons. The van der Waals surface area contributed by atoms with Crippen molar-refractivity contribution in [1.82, 2.24) is 0 Å². The highest BCUT2D eigenvalue weighted by molar-refractivity contribution is 7.81. The summed E-state index contributed by atoms with van der Waals surface area (Å²) in [6.07, 6.45) is 4.89. The van der Waals surface area contributed by atoms with Crippen molar-refractivity contribution in [2.75, 3.05) is 0 Å². The van der Waals surface area contributed by atoms with Gasteiger partial charge in [0, 0.05) is 4.75 Å². The molecule has 1 atom stereocenters. The molecule has 1 unspecified atom stereocenters. The molecule has 0 aromatic rings. The van der Waals surface area contributed by atoms with Gasteiger partial charge in [-0.1, -0.05) is 39.3 Å². The first-order valence-corrected chi connectivity index (χ1v) is 4.23. The molecule has 0 aromatic heterocycles. The summed E-state index contributed by atoms with van der Waals surface area (Å²) in [5.74, 6) is 0. The molecule has 0 nitrogen and oxygen atoms in total. The molecule has 1 heteroatoms. The van der Waals surface area contributed by atoms with Crippen LogP contribution >= 0.6 is 12.6 Å². The van der Waals surface area contributed by atoms with E-state index in [1.165, 1.54) is 19.3 Å². The summed E-state index contributed by atoms with van der Waals surface area (Å²) in [4.78, 5) is 0. The van der Waals surface area contributed by atoms with Gasteiger partial charge >= 0.3 is 0 Å². The molecule has 0 aromatic carbocycles. The van der Waals surface area contributed by atoms with Gasteiger partial charge in [-0.25, -0.2) is 0 Å². The van der Waals surface area contributed by atoms with E-state index in [9.17, 15) is 0 Å². The van der Waals surface area contributed by atoms with Crippen LogP contribution in [0.5, 0.6) is 0 Å². The van der Waals surface area contributed by atoms with Crippen LogP contribution in [0.25, 0.3) is 0 Å². The van der Waals surface area contributed by atoms with Crippen molar-refractivity contribution >= 4 is 12.6 Å². The normalized spacial score (nSPS) is 17.3. The molecule has 0 aliphatic carbocycles. The van der Waals surface area contributed by atoms with Gasteiger partial charge < -0.3 is 0 Å². The summed E-state index contributed by atoms with van der Waals surface area (Å²) in [6, 6.07) is 0. The molecular weight excluding hydrogens is 128 g/mol. The lowest BCUT2D eigenvalue weighted by Crippen LogP contribution is -2.13. The molecule has 0 saturated heterocycles. The summed E-state index contributed by atoms with van der Waals surface area (Å²) < 4.78 is 0.177. The first-order valence-electron chi connectivity index (χ1n) is 3.83. The number of hydrogen-bond acceptors (Lipinski definition) is 0. The van der Waals surface area contributed by atoms with E-state index >= 15 is 0 Å². The van der Waals surface area contributed by atoms with Crippen LogP contribution in [0.2, 0.25) is 0 Å². The van der Waals surface area contributed by atoms with Crippen LogP contribution in [0.1, 0.15) is 46.5 Å². The highest BCUT2D eigenvalue weighted by atomic mass is 32.1. The van der Waals surface area contributed by atoms with Gasteiger partial charge in [-0.15, -0.1) is 0 Å². The molecule has 0 saturated carbocycles. The maximum atomic E-state index is 5.31. The fourth-order valence-corrected chi connectivity index (χ4v) is 0.872. The van der Waals surface area contributed by atoms with Crippen molar-refractivity contribution in [3.8, 4) is 0 Å². The van der Waals surface area contributed by atoms with Gasteiger partial charge in [0.15, 0.2) is 0 Å². The molecule has 0 rings (SSSR count). The van der Waals surface area contributed by atoms with Crippen LogP contribution in [0, 0.1) is 0 Å². The second-order valence-electron chi connectivity index (χ2n) is 2.91. The third-order valence-electron chi connectivity index (χ3n) is 1.81. The van der Waals surface area contributed by atoms with Crippen LogP contribution in [-0.4, -0.2) is 4.75 Å². The van der Waals surface area contributed by atoms with Gasteiger partial charge in [0.25, 0.3) is 0 Å². The van der Waals surface area contributed by atoms with Crippen LogP contribution in [0.15, 0.2) is 0 Å². The molecule has 0 heterocycles. The minimum absolute atomic E-state index is 0.177. The standard InChI is InChI=1S/C8H17S/c1-4-6-7-8(3,9)5-2/h4-7H2,1-3H3. The Labute approximate surface area is 64.4 Å². The van der Waals surface area contributed by atoms with Gasteiger partial charge in [0.05, 0.1) is 0 Å². The molecule has 0 aliphatic rings. The lowest BCUT2D eigenvalue weighted by Gasteiger charge is -2.19. The molecular formula is C8H17S. The Hall–Kier alpha value is 0.350. The van der Waals surface area contributed by atoms with Gasteiger partial charge in [0.1, 0.15) is 0 Å². The Morgan fingerprint density at radius 2 is 1.89 bits per heavy atom. The fraction of sp³-hybridized carbons (Fsp3) is 1.00. The summed E-state index contributed by atoms with van der Waals surface area (Å²) in [6.45, 7) is 6.54. The Kier molecular flexibility index (Phi) is 4.37. The minimum atomic E-state index is 0.177. The van der Waals surface area contributed by atoms with Gasteiger partial charge in [-0.05, 0) is 19.8 Å². The van der Waals surface area contributed by atoms with E-state index < -0.39 is 0 Å². The average molecular weight is 145 g/mol. The highest BCUT2D eigenvalue weighted by Gasteiger charge is 2.15. The molecule has 0 bridgehead atoms. The van der Waals surface area contributed by atoms with Crippen molar-refractivity contribution in [2.24, 2.45) is 0 Å². The fourth-order valence-electron chi connectivity index (χ4n) is 0.727. The topological polar surface area (TPSA) is 0 Å². The average Bonchev–Trinajstić information content (AvgIpc) is 1.84. The van der Waals surface area contributed by atoms with E-state index in [-0.39, 0.29) is 4.75 Å².